The van der Waals surface area contributed by atoms with E-state index >= 15 is 0 Å². The van der Waals surface area contributed by atoms with Gasteiger partial charge in [-0.15, -0.1) is 0 Å². The van der Waals surface area contributed by atoms with Crippen LogP contribution in [0.2, 0.25) is 0 Å². The molecule has 82 valence electrons. The first-order valence-electron chi connectivity index (χ1n) is 5.20. The quantitative estimate of drug-likeness (QED) is 0.686. The van der Waals surface area contributed by atoms with E-state index in [-0.39, 0.29) is 0 Å². The smallest absolute Gasteiger partial charge is 0.0429 e. The van der Waals surface area contributed by atoms with Crippen LogP contribution in [0.5, 0.6) is 0 Å². The van der Waals surface area contributed by atoms with Crippen LogP contribution in [-0.2, 0) is 6.54 Å². The van der Waals surface area contributed by atoms with Crippen molar-refractivity contribution in [3.8, 4) is 0 Å². The van der Waals surface area contributed by atoms with Gasteiger partial charge in [-0.25, -0.2) is 0 Å². The molecule has 0 unspecified atom stereocenters. The van der Waals surface area contributed by atoms with Gasteiger partial charge in [-0.1, -0.05) is 18.2 Å². The topological polar surface area (TPSA) is 64.1 Å². The predicted molar refractivity (Wildman–Crippen MR) is 68.5 cm³/mol. The van der Waals surface area contributed by atoms with E-state index in [4.69, 9.17) is 11.5 Å². The number of benzene rings is 2. The van der Waals surface area contributed by atoms with Gasteiger partial charge in [-0.05, 0) is 35.9 Å². The molecular weight excluding hydrogens is 198 g/mol. The fraction of sp³-hybridized carbons (Fsp3) is 0.0769. The average Bonchev–Trinajstić information content (AvgIpc) is 2.33. The van der Waals surface area contributed by atoms with Crippen molar-refractivity contribution < 1.29 is 0 Å². The Morgan fingerprint density at radius 3 is 2.31 bits per heavy atom. The molecule has 0 bridgehead atoms. The highest BCUT2D eigenvalue weighted by molar-refractivity contribution is 5.64. The molecule has 2 rings (SSSR count). The minimum Gasteiger partial charge on any atom is -0.399 e. The first-order chi connectivity index (χ1) is 7.79. The van der Waals surface area contributed by atoms with Gasteiger partial charge in [0.15, 0.2) is 0 Å². The van der Waals surface area contributed by atoms with Crippen LogP contribution in [0.3, 0.4) is 0 Å². The van der Waals surface area contributed by atoms with Crippen molar-refractivity contribution in [2.45, 2.75) is 6.54 Å². The van der Waals surface area contributed by atoms with Crippen LogP contribution in [0.1, 0.15) is 5.56 Å². The van der Waals surface area contributed by atoms with Gasteiger partial charge in [-0.2, -0.15) is 0 Å². The summed E-state index contributed by atoms with van der Waals surface area (Å²) in [6.07, 6.45) is 0. The number of hydrogen-bond donors (Lipinski definition) is 3. The van der Waals surface area contributed by atoms with Crippen molar-refractivity contribution >= 4 is 17.1 Å². The van der Waals surface area contributed by atoms with Crippen LogP contribution in [0.15, 0.2) is 48.5 Å². The summed E-state index contributed by atoms with van der Waals surface area (Å²) in [6, 6.07) is 15.6. The number of nitrogen functional groups attached to an aromatic ring is 1. The first-order valence-corrected chi connectivity index (χ1v) is 5.20. The van der Waals surface area contributed by atoms with Crippen molar-refractivity contribution in [3.05, 3.63) is 54.1 Å². The lowest BCUT2D eigenvalue weighted by atomic mass is 10.1. The van der Waals surface area contributed by atoms with Crippen molar-refractivity contribution in [1.82, 2.24) is 0 Å². The lowest BCUT2D eigenvalue weighted by molar-refractivity contribution is 1.07. The Labute approximate surface area is 95.1 Å². The Kier molecular flexibility index (Phi) is 3.08. The average molecular weight is 213 g/mol. The third-order valence-electron chi connectivity index (χ3n) is 2.43. The standard InChI is InChI=1S/C13H15N3/c14-9-10-3-1-2-4-13(10)16-12-7-5-11(15)6-8-12/h1-8,16H,9,14-15H2. The summed E-state index contributed by atoms with van der Waals surface area (Å²) < 4.78 is 0. The third-order valence-corrected chi connectivity index (χ3v) is 2.43. The van der Waals surface area contributed by atoms with Gasteiger partial charge in [0.1, 0.15) is 0 Å². The molecule has 0 aromatic heterocycles. The maximum Gasteiger partial charge on any atom is 0.0429 e. The Morgan fingerprint density at radius 2 is 1.62 bits per heavy atom. The molecule has 0 fully saturated rings. The molecule has 0 saturated carbocycles. The summed E-state index contributed by atoms with van der Waals surface area (Å²) in [6.45, 7) is 0.526. The molecule has 16 heavy (non-hydrogen) atoms. The van der Waals surface area contributed by atoms with Crippen LogP contribution in [0.4, 0.5) is 17.1 Å². The number of rotatable bonds is 3. The molecule has 2 aromatic carbocycles. The zero-order chi connectivity index (χ0) is 11.4. The normalized spacial score (nSPS) is 10.1. The Bertz CT molecular complexity index is 463. The minimum absolute atomic E-state index is 0.526. The molecule has 5 N–H and O–H groups in total. The molecule has 0 aliphatic rings. The van der Waals surface area contributed by atoms with Crippen molar-refractivity contribution in [3.63, 3.8) is 0 Å². The number of hydrogen-bond acceptors (Lipinski definition) is 3. The summed E-state index contributed by atoms with van der Waals surface area (Å²) >= 11 is 0. The van der Waals surface area contributed by atoms with Crippen LogP contribution in [0, 0.1) is 0 Å². The van der Waals surface area contributed by atoms with E-state index in [1.54, 1.807) is 0 Å². The van der Waals surface area contributed by atoms with Crippen molar-refractivity contribution in [2.75, 3.05) is 11.1 Å². The van der Waals surface area contributed by atoms with E-state index in [1.807, 2.05) is 48.5 Å². The highest BCUT2D eigenvalue weighted by Gasteiger charge is 1.99. The molecule has 0 aliphatic carbocycles. The third kappa shape index (κ3) is 2.32. The number of nitrogens with one attached hydrogen (secondary N) is 1. The van der Waals surface area contributed by atoms with E-state index < -0.39 is 0 Å². The second-order valence-electron chi connectivity index (χ2n) is 3.61. The van der Waals surface area contributed by atoms with E-state index in [1.165, 1.54) is 0 Å². The van der Waals surface area contributed by atoms with Crippen LogP contribution >= 0.6 is 0 Å². The molecule has 0 radical (unpaired) electrons. The second-order valence-corrected chi connectivity index (χ2v) is 3.61. The highest BCUT2D eigenvalue weighted by Crippen LogP contribution is 2.21. The summed E-state index contributed by atoms with van der Waals surface area (Å²) in [5.41, 5.74) is 15.2. The van der Waals surface area contributed by atoms with Crippen LogP contribution < -0.4 is 16.8 Å². The van der Waals surface area contributed by atoms with Gasteiger partial charge in [-0.3, -0.25) is 0 Å². The molecule has 0 atom stereocenters. The molecule has 0 heterocycles. The van der Waals surface area contributed by atoms with Gasteiger partial charge in [0, 0.05) is 23.6 Å². The van der Waals surface area contributed by atoms with Crippen LogP contribution in [0.25, 0.3) is 0 Å². The lowest BCUT2D eigenvalue weighted by Gasteiger charge is -2.10. The van der Waals surface area contributed by atoms with Gasteiger partial charge >= 0.3 is 0 Å². The molecular formula is C13H15N3. The SMILES string of the molecule is NCc1ccccc1Nc1ccc(N)cc1. The molecule has 3 heteroatoms. The van der Waals surface area contributed by atoms with E-state index in [2.05, 4.69) is 5.32 Å². The lowest BCUT2D eigenvalue weighted by Crippen LogP contribution is -2.01. The predicted octanol–water partition coefficient (Wildman–Crippen LogP) is 2.47. The van der Waals surface area contributed by atoms with Gasteiger partial charge in [0.05, 0.1) is 0 Å². The second kappa shape index (κ2) is 4.68. The maximum absolute atomic E-state index is 5.67. The Balaban J connectivity index is 2.23. The van der Waals surface area contributed by atoms with Gasteiger partial charge in [0.2, 0.25) is 0 Å². The molecule has 0 amide bonds. The minimum atomic E-state index is 0.526. The number of para-hydroxylation sites is 1. The van der Waals surface area contributed by atoms with Crippen molar-refractivity contribution in [1.29, 1.82) is 0 Å². The summed E-state index contributed by atoms with van der Waals surface area (Å²) in [5.74, 6) is 0. The van der Waals surface area contributed by atoms with Crippen molar-refractivity contribution in [2.24, 2.45) is 5.73 Å². The van der Waals surface area contributed by atoms with E-state index in [0.717, 1.165) is 22.6 Å². The largest absolute Gasteiger partial charge is 0.399 e. The highest BCUT2D eigenvalue weighted by atomic mass is 14.9. The fourth-order valence-corrected chi connectivity index (χ4v) is 1.54. The molecule has 0 spiro atoms. The van der Waals surface area contributed by atoms with E-state index in [9.17, 15) is 0 Å². The van der Waals surface area contributed by atoms with Gasteiger partial charge in [0.25, 0.3) is 0 Å². The number of nitrogens with two attached hydrogens (primary N) is 2. The molecule has 0 aliphatic heterocycles. The summed E-state index contributed by atoms with van der Waals surface area (Å²) in [5, 5.41) is 3.32. The maximum atomic E-state index is 5.67. The first kappa shape index (κ1) is 10.5. The fourth-order valence-electron chi connectivity index (χ4n) is 1.54. The molecule has 2 aromatic rings. The molecule has 3 nitrogen and oxygen atoms in total. The van der Waals surface area contributed by atoms with Crippen LogP contribution in [-0.4, -0.2) is 0 Å². The monoisotopic (exact) mass is 213 g/mol. The zero-order valence-electron chi connectivity index (χ0n) is 8.98. The summed E-state index contributed by atoms with van der Waals surface area (Å²) in [7, 11) is 0. The molecule has 0 saturated heterocycles. The summed E-state index contributed by atoms with van der Waals surface area (Å²) in [4.78, 5) is 0. The zero-order valence-corrected chi connectivity index (χ0v) is 8.98. The number of anilines is 3. The van der Waals surface area contributed by atoms with E-state index in [0.29, 0.717) is 6.54 Å². The Morgan fingerprint density at radius 1 is 0.938 bits per heavy atom. The Hall–Kier alpha value is -2.00. The van der Waals surface area contributed by atoms with Gasteiger partial charge < -0.3 is 16.8 Å².